The van der Waals surface area contributed by atoms with Gasteiger partial charge in [-0.25, -0.2) is 0 Å². The number of halogens is 1. The number of hydrogen-bond donors (Lipinski definition) is 2. The van der Waals surface area contributed by atoms with Gasteiger partial charge >= 0.3 is 0 Å². The van der Waals surface area contributed by atoms with Crippen LogP contribution in [0.25, 0.3) is 0 Å². The molecule has 2 heterocycles. The molecule has 44 heavy (non-hydrogen) atoms. The molecule has 3 aliphatic rings. The lowest BCUT2D eigenvalue weighted by molar-refractivity contribution is -0.437. The molecule has 2 aromatic carbocycles. The van der Waals surface area contributed by atoms with E-state index in [1.165, 1.54) is 22.5 Å². The van der Waals surface area contributed by atoms with Crippen molar-refractivity contribution in [1.29, 1.82) is 0 Å². The summed E-state index contributed by atoms with van der Waals surface area (Å²) in [5.41, 5.74) is 9.14. The van der Waals surface area contributed by atoms with Crippen LogP contribution in [-0.4, -0.2) is 47.9 Å². The van der Waals surface area contributed by atoms with Crippen molar-refractivity contribution in [3.8, 4) is 0 Å². The average Bonchev–Trinajstić information content (AvgIpc) is 3.33. The highest BCUT2D eigenvalue weighted by Crippen LogP contribution is 2.48. The third-order valence-corrected chi connectivity index (χ3v) is 10.9. The highest BCUT2D eigenvalue weighted by Gasteiger charge is 2.44. The molecule has 0 unspecified atom stereocenters. The van der Waals surface area contributed by atoms with Gasteiger partial charge in [-0.1, -0.05) is 74.0 Å². The maximum absolute atomic E-state index is 11.4. The summed E-state index contributed by atoms with van der Waals surface area (Å²) in [5.74, 6) is 0.578. The second-order valence-electron chi connectivity index (χ2n) is 13.0. The largest absolute Gasteiger partial charge is 0.344 e. The van der Waals surface area contributed by atoms with E-state index in [1.807, 2.05) is 12.1 Å². The van der Waals surface area contributed by atoms with Gasteiger partial charge in [-0.2, -0.15) is 25.6 Å². The lowest BCUT2D eigenvalue weighted by Crippen LogP contribution is -2.28. The highest BCUT2D eigenvalue weighted by molar-refractivity contribution is 7.85. The molecule has 5 nitrogen and oxygen atoms in total. The number of rotatable bonds is 10. The molecule has 0 spiro atoms. The van der Waals surface area contributed by atoms with Crippen molar-refractivity contribution in [1.82, 2.24) is 0 Å². The van der Waals surface area contributed by atoms with E-state index in [4.69, 9.17) is 11.6 Å². The Labute approximate surface area is 273 Å². The molecule has 5 rings (SSSR count). The number of anilines is 1. The minimum atomic E-state index is -4.02. The van der Waals surface area contributed by atoms with E-state index >= 15 is 0 Å². The highest BCUT2D eigenvalue weighted by atomic mass is 35.5. The summed E-state index contributed by atoms with van der Waals surface area (Å²) in [4.78, 5) is 2.19. The second kappa shape index (κ2) is 13.0. The molecule has 234 valence electrons. The normalized spacial score (nSPS) is 21.2. The number of allylic oxidation sites excluding steroid dienone is 8. The molecule has 0 radical (unpaired) electrons. The molecule has 1 N–H and O–H groups in total. The van der Waals surface area contributed by atoms with Crippen LogP contribution < -0.4 is 4.90 Å². The molecule has 2 aliphatic heterocycles. The molecule has 0 fully saturated rings. The molecule has 0 aromatic heterocycles. The standard InChI is InChI=1S/C36H43ClN2O3S2/c1-35(2)28-14-5-7-16-30(28)38(22-10-24-43)32(35)20-18-26-12-9-13-27(34(26)37)19-21-33-36(3,4)29-15-6-8-17-31(29)39(33)23-11-25-44(40,41)42/h5-8,14-21H,9-13,22-25H2,1-4H3,(H-,40,41,42,43)/p+1. The van der Waals surface area contributed by atoms with Crippen molar-refractivity contribution in [2.75, 3.05) is 29.5 Å². The van der Waals surface area contributed by atoms with E-state index in [0.29, 0.717) is 13.0 Å². The van der Waals surface area contributed by atoms with Crippen LogP contribution in [0, 0.1) is 0 Å². The van der Waals surface area contributed by atoms with E-state index < -0.39 is 10.1 Å². The second-order valence-corrected chi connectivity index (χ2v) is 15.4. The van der Waals surface area contributed by atoms with E-state index in [0.717, 1.165) is 65.5 Å². The predicted molar refractivity (Wildman–Crippen MR) is 188 cm³/mol. The SMILES string of the molecule is CC1(C)C(/C=C/C2=C(Cl)C(=C/C=C3/N(CCCS(=O)(=O)O)c4ccccc4C3(C)C)/CCC2)=[N+](CCCS)c2ccccc21. The third-order valence-electron chi connectivity index (χ3n) is 9.26. The number of fused-ring (bicyclic) bond motifs is 2. The monoisotopic (exact) mass is 651 g/mol. The Balaban J connectivity index is 1.47. The van der Waals surface area contributed by atoms with Crippen LogP contribution in [0.2, 0.25) is 0 Å². The van der Waals surface area contributed by atoms with E-state index in [9.17, 15) is 13.0 Å². The maximum atomic E-state index is 11.4. The molecular weight excluding hydrogens is 608 g/mol. The van der Waals surface area contributed by atoms with Crippen LogP contribution in [0.15, 0.2) is 94.7 Å². The van der Waals surface area contributed by atoms with Crippen molar-refractivity contribution in [3.05, 3.63) is 106 Å². The van der Waals surface area contributed by atoms with Crippen molar-refractivity contribution in [3.63, 3.8) is 0 Å². The summed E-state index contributed by atoms with van der Waals surface area (Å²) >= 11 is 11.6. The van der Waals surface area contributed by atoms with Crippen molar-refractivity contribution in [2.24, 2.45) is 0 Å². The molecule has 0 amide bonds. The lowest BCUT2D eigenvalue weighted by atomic mass is 9.81. The number of thiol groups is 1. The molecule has 0 saturated heterocycles. The Morgan fingerprint density at radius 1 is 0.955 bits per heavy atom. The minimum Gasteiger partial charge on any atom is -0.344 e. The van der Waals surface area contributed by atoms with Gasteiger partial charge in [0.05, 0.1) is 11.2 Å². The summed E-state index contributed by atoms with van der Waals surface area (Å²) in [6.07, 6.45) is 13.0. The van der Waals surface area contributed by atoms with E-state index in [-0.39, 0.29) is 16.6 Å². The first-order valence-corrected chi connectivity index (χ1v) is 18.1. The summed E-state index contributed by atoms with van der Waals surface area (Å²) in [6, 6.07) is 16.9. The van der Waals surface area contributed by atoms with Crippen LogP contribution in [0.5, 0.6) is 0 Å². The zero-order valence-electron chi connectivity index (χ0n) is 26.2. The Kier molecular flexibility index (Phi) is 9.72. The zero-order chi connectivity index (χ0) is 31.7. The van der Waals surface area contributed by atoms with Crippen LogP contribution in [0.3, 0.4) is 0 Å². The van der Waals surface area contributed by atoms with Crippen molar-refractivity contribution < 1.29 is 17.5 Å². The zero-order valence-corrected chi connectivity index (χ0v) is 28.7. The summed E-state index contributed by atoms with van der Waals surface area (Å²) in [6.45, 7) is 10.4. The minimum absolute atomic E-state index is 0.115. The summed E-state index contributed by atoms with van der Waals surface area (Å²) in [5, 5.41) is 0.811. The van der Waals surface area contributed by atoms with Crippen LogP contribution in [0.1, 0.15) is 70.9 Å². The van der Waals surface area contributed by atoms with Crippen LogP contribution >= 0.6 is 24.2 Å². The quantitative estimate of drug-likeness (QED) is 0.154. The van der Waals surface area contributed by atoms with E-state index in [2.05, 4.69) is 111 Å². The molecule has 0 bridgehead atoms. The van der Waals surface area contributed by atoms with Gasteiger partial charge in [0.1, 0.15) is 6.54 Å². The van der Waals surface area contributed by atoms with Gasteiger partial charge in [0.15, 0.2) is 5.71 Å². The Bertz CT molecular complexity index is 1700. The maximum Gasteiger partial charge on any atom is 0.264 e. The lowest BCUT2D eigenvalue weighted by Gasteiger charge is -2.27. The van der Waals surface area contributed by atoms with Gasteiger partial charge in [0, 0.05) is 52.5 Å². The van der Waals surface area contributed by atoms with Gasteiger partial charge in [0.25, 0.3) is 10.1 Å². The summed E-state index contributed by atoms with van der Waals surface area (Å²) < 4.78 is 34.6. The Morgan fingerprint density at radius 3 is 2.39 bits per heavy atom. The molecule has 8 heteroatoms. The molecule has 2 aromatic rings. The van der Waals surface area contributed by atoms with E-state index in [1.54, 1.807) is 0 Å². The fourth-order valence-corrected chi connectivity index (χ4v) is 7.91. The Hall–Kier alpha value is -2.58. The molecule has 1 aliphatic carbocycles. The molecule has 0 saturated carbocycles. The fraction of sp³-hybridized carbons (Fsp3) is 0.417. The number of nitrogens with zero attached hydrogens (tertiary/aromatic N) is 2. The topological polar surface area (TPSA) is 60.6 Å². The van der Waals surface area contributed by atoms with Gasteiger partial charge < -0.3 is 4.90 Å². The summed E-state index contributed by atoms with van der Waals surface area (Å²) in [7, 11) is -4.02. The van der Waals surface area contributed by atoms with Gasteiger partial charge in [-0.3, -0.25) is 4.55 Å². The van der Waals surface area contributed by atoms with Crippen molar-refractivity contribution in [2.45, 2.75) is 70.6 Å². The fourth-order valence-electron chi connectivity index (χ4n) is 6.96. The van der Waals surface area contributed by atoms with Gasteiger partial charge in [-0.15, -0.1) is 0 Å². The number of hydrogen-bond acceptors (Lipinski definition) is 4. The number of benzene rings is 2. The van der Waals surface area contributed by atoms with Gasteiger partial charge in [0.2, 0.25) is 5.69 Å². The molecule has 0 atom stereocenters. The van der Waals surface area contributed by atoms with Crippen LogP contribution in [0.4, 0.5) is 11.4 Å². The van der Waals surface area contributed by atoms with Crippen molar-refractivity contribution >= 4 is 51.4 Å². The first-order valence-electron chi connectivity index (χ1n) is 15.5. The first kappa shape index (κ1) is 32.8. The predicted octanol–water partition coefficient (Wildman–Crippen LogP) is 8.50. The Morgan fingerprint density at radius 2 is 1.66 bits per heavy atom. The number of para-hydroxylation sites is 2. The third kappa shape index (κ3) is 6.53. The molecular formula is C36H44ClN2O3S2+. The first-order chi connectivity index (χ1) is 20.9. The van der Waals surface area contributed by atoms with Gasteiger partial charge in [-0.05, 0) is 74.1 Å². The average molecular weight is 652 g/mol. The van der Waals surface area contributed by atoms with Crippen LogP contribution in [-0.2, 0) is 20.9 Å². The smallest absolute Gasteiger partial charge is 0.264 e.